The van der Waals surface area contributed by atoms with Gasteiger partial charge in [-0.2, -0.15) is 0 Å². The van der Waals surface area contributed by atoms with Crippen LogP contribution in [0, 0.1) is 17.8 Å². The molecular formula is C18H24N2O. The Morgan fingerprint density at radius 3 is 3.05 bits per heavy atom. The molecule has 1 aromatic carbocycles. The first-order valence-corrected chi connectivity index (χ1v) is 8.41. The Bertz CT molecular complexity index is 554. The lowest BCUT2D eigenvalue weighted by Gasteiger charge is -2.23. The van der Waals surface area contributed by atoms with Gasteiger partial charge in [0.05, 0.1) is 0 Å². The van der Waals surface area contributed by atoms with Gasteiger partial charge in [-0.25, -0.2) is 0 Å². The molecule has 0 saturated heterocycles. The molecule has 1 aliphatic heterocycles. The summed E-state index contributed by atoms with van der Waals surface area (Å²) in [5.74, 6) is 2.60. The molecule has 1 amide bonds. The minimum atomic E-state index is 0.214. The predicted octanol–water partition coefficient (Wildman–Crippen LogP) is 3.10. The Morgan fingerprint density at radius 2 is 2.24 bits per heavy atom. The van der Waals surface area contributed by atoms with E-state index in [0.29, 0.717) is 5.92 Å². The van der Waals surface area contributed by atoms with Crippen LogP contribution in [0.4, 0.5) is 5.69 Å². The highest BCUT2D eigenvalue weighted by Gasteiger charge is 2.40. The molecule has 3 heteroatoms. The Kier molecular flexibility index (Phi) is 3.46. The lowest BCUT2D eigenvalue weighted by atomic mass is 9.86. The van der Waals surface area contributed by atoms with Crippen molar-refractivity contribution in [3.63, 3.8) is 0 Å². The van der Waals surface area contributed by atoms with Gasteiger partial charge in [0.25, 0.3) is 0 Å². The quantitative estimate of drug-likeness (QED) is 0.895. The van der Waals surface area contributed by atoms with Crippen molar-refractivity contribution in [3.8, 4) is 0 Å². The molecule has 0 aromatic heterocycles. The average Bonchev–Trinajstić information content (AvgIpc) is 3.10. The van der Waals surface area contributed by atoms with Gasteiger partial charge in [-0.15, -0.1) is 0 Å². The third-order valence-electron chi connectivity index (χ3n) is 5.75. The van der Waals surface area contributed by atoms with Crippen LogP contribution >= 0.6 is 0 Å². The highest BCUT2D eigenvalue weighted by atomic mass is 16.1. The number of hydrogen-bond donors (Lipinski definition) is 2. The van der Waals surface area contributed by atoms with E-state index in [4.69, 9.17) is 0 Å². The highest BCUT2D eigenvalue weighted by molar-refractivity contribution is 5.92. The van der Waals surface area contributed by atoms with Gasteiger partial charge in [0.1, 0.15) is 0 Å². The number of anilines is 1. The third-order valence-corrected chi connectivity index (χ3v) is 5.75. The van der Waals surface area contributed by atoms with Gasteiger partial charge in [-0.3, -0.25) is 4.79 Å². The molecule has 2 N–H and O–H groups in total. The van der Waals surface area contributed by atoms with Crippen molar-refractivity contribution in [2.45, 2.75) is 45.1 Å². The van der Waals surface area contributed by atoms with Gasteiger partial charge in [0.15, 0.2) is 0 Å². The summed E-state index contributed by atoms with van der Waals surface area (Å²) in [5, 5.41) is 6.58. The third kappa shape index (κ3) is 2.59. The lowest BCUT2D eigenvalue weighted by Crippen LogP contribution is -2.26. The van der Waals surface area contributed by atoms with Crippen LogP contribution < -0.4 is 10.6 Å². The fraction of sp³-hybridized carbons (Fsp3) is 0.611. The maximum atomic E-state index is 12.4. The van der Waals surface area contributed by atoms with Crippen molar-refractivity contribution in [3.05, 3.63) is 29.3 Å². The summed E-state index contributed by atoms with van der Waals surface area (Å²) in [4.78, 5) is 12.4. The van der Waals surface area contributed by atoms with Gasteiger partial charge >= 0.3 is 0 Å². The van der Waals surface area contributed by atoms with Gasteiger partial charge in [0.2, 0.25) is 5.91 Å². The molecule has 1 heterocycles. The highest BCUT2D eigenvalue weighted by Crippen LogP contribution is 2.49. The predicted molar refractivity (Wildman–Crippen MR) is 84.0 cm³/mol. The molecule has 3 unspecified atom stereocenters. The first kappa shape index (κ1) is 13.3. The van der Waals surface area contributed by atoms with E-state index in [2.05, 4.69) is 22.8 Å². The van der Waals surface area contributed by atoms with Crippen LogP contribution in [0.3, 0.4) is 0 Å². The minimum absolute atomic E-state index is 0.214. The number of fused-ring (bicyclic) bond motifs is 3. The fourth-order valence-corrected chi connectivity index (χ4v) is 4.70. The molecule has 112 valence electrons. The van der Waals surface area contributed by atoms with E-state index < -0.39 is 0 Å². The summed E-state index contributed by atoms with van der Waals surface area (Å²) in [6, 6.07) is 6.30. The van der Waals surface area contributed by atoms with Gasteiger partial charge in [-0.05, 0) is 67.2 Å². The standard InChI is InChI=1S/C18H24N2O/c21-18(10-15-9-12-4-5-14(15)8-12)20-17-3-1-2-13-6-7-19-11-16(13)17/h1-3,12,14-15,19H,4-11H2,(H,20,21). The second kappa shape index (κ2) is 5.45. The molecule has 2 saturated carbocycles. The van der Waals surface area contributed by atoms with Crippen LogP contribution in [0.1, 0.15) is 43.2 Å². The first-order valence-electron chi connectivity index (χ1n) is 8.41. The number of carbonyl (C=O) groups is 1. The van der Waals surface area contributed by atoms with Crippen molar-refractivity contribution in [2.24, 2.45) is 17.8 Å². The van der Waals surface area contributed by atoms with Crippen molar-refractivity contribution in [2.75, 3.05) is 11.9 Å². The van der Waals surface area contributed by atoms with Crippen molar-refractivity contribution in [1.82, 2.24) is 5.32 Å². The zero-order chi connectivity index (χ0) is 14.2. The first-order chi connectivity index (χ1) is 10.3. The minimum Gasteiger partial charge on any atom is -0.326 e. The number of hydrogen-bond acceptors (Lipinski definition) is 2. The van der Waals surface area contributed by atoms with Gasteiger partial charge in [0, 0.05) is 18.7 Å². The van der Waals surface area contributed by atoms with Gasteiger partial charge < -0.3 is 10.6 Å². The zero-order valence-corrected chi connectivity index (χ0v) is 12.5. The number of rotatable bonds is 3. The lowest BCUT2D eigenvalue weighted by molar-refractivity contribution is -0.117. The summed E-state index contributed by atoms with van der Waals surface area (Å²) in [5.41, 5.74) is 3.68. The Hall–Kier alpha value is -1.35. The monoisotopic (exact) mass is 284 g/mol. The van der Waals surface area contributed by atoms with E-state index in [1.807, 2.05) is 6.07 Å². The van der Waals surface area contributed by atoms with E-state index in [1.165, 1.54) is 36.8 Å². The van der Waals surface area contributed by atoms with Crippen molar-refractivity contribution in [1.29, 1.82) is 0 Å². The van der Waals surface area contributed by atoms with E-state index in [-0.39, 0.29) is 5.91 Å². The average molecular weight is 284 g/mol. The van der Waals surface area contributed by atoms with Crippen LogP contribution in [-0.4, -0.2) is 12.5 Å². The van der Waals surface area contributed by atoms with Crippen LogP contribution in [0.5, 0.6) is 0 Å². The zero-order valence-electron chi connectivity index (χ0n) is 12.5. The SMILES string of the molecule is O=C(CC1CC2CCC1C2)Nc1cccc2c1CNCC2. The molecule has 0 radical (unpaired) electrons. The molecule has 2 fully saturated rings. The van der Waals surface area contributed by atoms with E-state index in [1.54, 1.807) is 0 Å². The van der Waals surface area contributed by atoms with E-state index in [9.17, 15) is 4.79 Å². The maximum Gasteiger partial charge on any atom is 0.224 e. The molecular weight excluding hydrogens is 260 g/mol. The molecule has 2 bridgehead atoms. The summed E-state index contributed by atoms with van der Waals surface area (Å²) < 4.78 is 0. The number of amides is 1. The van der Waals surface area contributed by atoms with E-state index in [0.717, 1.165) is 43.5 Å². The van der Waals surface area contributed by atoms with Crippen molar-refractivity contribution < 1.29 is 4.79 Å². The maximum absolute atomic E-state index is 12.4. The molecule has 1 aromatic rings. The summed E-state index contributed by atoms with van der Waals surface area (Å²) in [6.45, 7) is 1.91. The Morgan fingerprint density at radius 1 is 1.29 bits per heavy atom. The molecule has 4 rings (SSSR count). The molecule has 2 aliphatic carbocycles. The van der Waals surface area contributed by atoms with Crippen LogP contribution in [0.2, 0.25) is 0 Å². The van der Waals surface area contributed by atoms with Gasteiger partial charge in [-0.1, -0.05) is 18.6 Å². The van der Waals surface area contributed by atoms with Crippen LogP contribution in [0.15, 0.2) is 18.2 Å². The second-order valence-corrected chi connectivity index (χ2v) is 7.06. The summed E-state index contributed by atoms with van der Waals surface area (Å²) in [7, 11) is 0. The van der Waals surface area contributed by atoms with Crippen LogP contribution in [-0.2, 0) is 17.8 Å². The number of nitrogens with one attached hydrogen (secondary N) is 2. The number of benzene rings is 1. The second-order valence-electron chi connectivity index (χ2n) is 7.06. The topological polar surface area (TPSA) is 41.1 Å². The van der Waals surface area contributed by atoms with Crippen molar-refractivity contribution >= 4 is 11.6 Å². The normalized spacial score (nSPS) is 30.2. The molecule has 3 nitrogen and oxygen atoms in total. The number of carbonyl (C=O) groups excluding carboxylic acids is 1. The largest absolute Gasteiger partial charge is 0.326 e. The summed E-state index contributed by atoms with van der Waals surface area (Å²) >= 11 is 0. The Balaban J connectivity index is 1.43. The molecule has 21 heavy (non-hydrogen) atoms. The molecule has 0 spiro atoms. The Labute approximate surface area is 126 Å². The smallest absolute Gasteiger partial charge is 0.224 e. The molecule has 3 aliphatic rings. The van der Waals surface area contributed by atoms with E-state index >= 15 is 0 Å². The molecule has 3 atom stereocenters. The fourth-order valence-electron chi connectivity index (χ4n) is 4.70. The summed E-state index contributed by atoms with van der Waals surface area (Å²) in [6.07, 6.45) is 7.20. The van der Waals surface area contributed by atoms with Crippen LogP contribution in [0.25, 0.3) is 0 Å².